The van der Waals surface area contributed by atoms with Crippen LogP contribution in [0.3, 0.4) is 0 Å². The van der Waals surface area contributed by atoms with Gasteiger partial charge in [-0.1, -0.05) is 48.0 Å². The number of fused-ring (bicyclic) bond motifs is 1. The van der Waals surface area contributed by atoms with E-state index in [1.807, 2.05) is 12.1 Å². The summed E-state index contributed by atoms with van der Waals surface area (Å²) in [5, 5.41) is 9.97. The molecule has 3 aromatic rings. The zero-order valence-electron chi connectivity index (χ0n) is 12.0. The average Bonchev–Trinajstić information content (AvgIpc) is 2.59. The minimum Gasteiger partial charge on any atom is -0.457 e. The van der Waals surface area contributed by atoms with E-state index in [2.05, 4.69) is 11.1 Å². The summed E-state index contributed by atoms with van der Waals surface area (Å²) in [6.45, 7) is 0.0246. The van der Waals surface area contributed by atoms with Crippen LogP contribution in [0.25, 0.3) is 10.9 Å². The van der Waals surface area contributed by atoms with Crippen LogP contribution in [-0.4, -0.2) is 11.0 Å². The molecule has 0 aliphatic carbocycles. The van der Waals surface area contributed by atoms with Crippen LogP contribution in [0.2, 0.25) is 5.15 Å². The molecule has 5 heteroatoms. The molecule has 0 amide bonds. The Labute approximate surface area is 137 Å². The number of nitriles is 1. The van der Waals surface area contributed by atoms with Gasteiger partial charge in [0, 0.05) is 10.9 Å². The van der Waals surface area contributed by atoms with Crippen molar-refractivity contribution >= 4 is 28.5 Å². The summed E-state index contributed by atoms with van der Waals surface area (Å²) in [6, 6.07) is 17.8. The first-order valence-electron chi connectivity index (χ1n) is 6.89. The molecule has 0 aliphatic heterocycles. The van der Waals surface area contributed by atoms with E-state index in [1.54, 1.807) is 36.4 Å². The topological polar surface area (TPSA) is 63.0 Å². The van der Waals surface area contributed by atoms with E-state index >= 15 is 0 Å². The largest absolute Gasteiger partial charge is 0.457 e. The molecule has 3 rings (SSSR count). The van der Waals surface area contributed by atoms with Gasteiger partial charge in [0.2, 0.25) is 0 Å². The molecule has 0 bridgehead atoms. The van der Waals surface area contributed by atoms with Crippen LogP contribution in [0.15, 0.2) is 54.6 Å². The molecule has 0 spiro atoms. The molecule has 1 aromatic heterocycles. The maximum absolute atomic E-state index is 12.4. The zero-order chi connectivity index (χ0) is 16.2. The first-order chi connectivity index (χ1) is 11.2. The van der Waals surface area contributed by atoms with E-state index < -0.39 is 5.97 Å². The summed E-state index contributed by atoms with van der Waals surface area (Å²) in [5.41, 5.74) is 2.13. The maximum Gasteiger partial charge on any atom is 0.339 e. The monoisotopic (exact) mass is 322 g/mol. The molecule has 0 aliphatic rings. The Hall–Kier alpha value is -2.90. The van der Waals surface area contributed by atoms with Crippen LogP contribution >= 0.6 is 11.6 Å². The Bertz CT molecular complexity index is 932. The number of halogens is 1. The van der Waals surface area contributed by atoms with E-state index in [-0.39, 0.29) is 11.8 Å². The fraction of sp³-hybridized carbons (Fsp3) is 0.0556. The molecular formula is C18H11ClN2O2. The fourth-order valence-electron chi connectivity index (χ4n) is 2.29. The van der Waals surface area contributed by atoms with Crippen molar-refractivity contribution in [2.24, 2.45) is 0 Å². The second-order valence-electron chi connectivity index (χ2n) is 4.85. The van der Waals surface area contributed by atoms with Crippen molar-refractivity contribution in [3.05, 3.63) is 76.4 Å². The van der Waals surface area contributed by atoms with Gasteiger partial charge in [-0.2, -0.15) is 5.26 Å². The van der Waals surface area contributed by atoms with Gasteiger partial charge < -0.3 is 4.74 Å². The maximum atomic E-state index is 12.4. The molecule has 0 saturated heterocycles. The first kappa shape index (κ1) is 15.0. The standard InChI is InChI=1S/C18H11ClN2O2/c19-17-9-15(14-7-3-4-8-16(14)21-17)18(22)23-11-13-6-2-1-5-12(13)10-20/h1-9H,11H2. The predicted molar refractivity (Wildman–Crippen MR) is 87.0 cm³/mol. The van der Waals surface area contributed by atoms with Gasteiger partial charge in [-0.25, -0.2) is 9.78 Å². The Morgan fingerprint density at radius 1 is 1.17 bits per heavy atom. The van der Waals surface area contributed by atoms with E-state index in [9.17, 15) is 4.79 Å². The summed E-state index contributed by atoms with van der Waals surface area (Å²) in [5.74, 6) is -0.502. The van der Waals surface area contributed by atoms with Crippen molar-refractivity contribution in [2.75, 3.05) is 0 Å². The molecule has 0 radical (unpaired) electrons. The predicted octanol–water partition coefficient (Wildman–Crippen LogP) is 4.12. The van der Waals surface area contributed by atoms with Crippen molar-refractivity contribution in [1.82, 2.24) is 4.98 Å². The third-order valence-corrected chi connectivity index (χ3v) is 3.60. The number of ether oxygens (including phenoxy) is 1. The second kappa shape index (κ2) is 6.47. The Balaban J connectivity index is 1.88. The summed E-state index contributed by atoms with van der Waals surface area (Å²) in [7, 11) is 0. The Morgan fingerprint density at radius 2 is 1.91 bits per heavy atom. The lowest BCUT2D eigenvalue weighted by Crippen LogP contribution is -2.07. The summed E-state index contributed by atoms with van der Waals surface area (Å²) in [4.78, 5) is 16.6. The summed E-state index contributed by atoms with van der Waals surface area (Å²) < 4.78 is 5.34. The van der Waals surface area contributed by atoms with Gasteiger partial charge in [0.15, 0.2) is 0 Å². The molecule has 0 N–H and O–H groups in total. The minimum absolute atomic E-state index is 0.0246. The van der Waals surface area contributed by atoms with Gasteiger partial charge in [0.25, 0.3) is 0 Å². The molecule has 2 aromatic carbocycles. The second-order valence-corrected chi connectivity index (χ2v) is 5.24. The van der Waals surface area contributed by atoms with Crippen LogP contribution in [0, 0.1) is 11.3 Å². The number of pyridine rings is 1. The molecule has 0 fully saturated rings. The highest BCUT2D eigenvalue weighted by Crippen LogP contribution is 2.22. The molecule has 1 heterocycles. The van der Waals surface area contributed by atoms with E-state index in [0.717, 1.165) is 0 Å². The lowest BCUT2D eigenvalue weighted by Gasteiger charge is -2.09. The van der Waals surface area contributed by atoms with Crippen LogP contribution < -0.4 is 0 Å². The van der Waals surface area contributed by atoms with Crippen LogP contribution in [0.1, 0.15) is 21.5 Å². The number of rotatable bonds is 3. The number of nitrogens with zero attached hydrogens (tertiary/aromatic N) is 2. The Kier molecular flexibility index (Phi) is 4.22. The lowest BCUT2D eigenvalue weighted by atomic mass is 10.1. The summed E-state index contributed by atoms with van der Waals surface area (Å²) in [6.07, 6.45) is 0. The van der Waals surface area contributed by atoms with Gasteiger partial charge in [-0.3, -0.25) is 0 Å². The van der Waals surface area contributed by atoms with Gasteiger partial charge >= 0.3 is 5.97 Å². The zero-order valence-corrected chi connectivity index (χ0v) is 12.7. The van der Waals surface area contributed by atoms with Crippen LogP contribution in [0.5, 0.6) is 0 Å². The van der Waals surface area contributed by atoms with Crippen molar-refractivity contribution < 1.29 is 9.53 Å². The number of carbonyl (C=O) groups excluding carboxylic acids is 1. The quantitative estimate of drug-likeness (QED) is 0.537. The van der Waals surface area contributed by atoms with Gasteiger partial charge in [-0.05, 0) is 18.2 Å². The SMILES string of the molecule is N#Cc1ccccc1COC(=O)c1cc(Cl)nc2ccccc12. The van der Waals surface area contributed by atoms with Crippen molar-refractivity contribution in [2.45, 2.75) is 6.61 Å². The normalized spacial score (nSPS) is 10.3. The van der Waals surface area contributed by atoms with E-state index in [4.69, 9.17) is 21.6 Å². The highest BCUT2D eigenvalue weighted by atomic mass is 35.5. The number of carbonyl (C=O) groups is 1. The smallest absolute Gasteiger partial charge is 0.339 e. The molecule has 0 atom stereocenters. The molecule has 112 valence electrons. The number of esters is 1. The number of hydrogen-bond acceptors (Lipinski definition) is 4. The van der Waals surface area contributed by atoms with Crippen LogP contribution in [-0.2, 0) is 11.3 Å². The average molecular weight is 323 g/mol. The van der Waals surface area contributed by atoms with E-state index in [1.165, 1.54) is 6.07 Å². The number of hydrogen-bond donors (Lipinski definition) is 0. The highest BCUT2D eigenvalue weighted by Gasteiger charge is 2.14. The number of aromatic nitrogens is 1. The molecule has 0 saturated carbocycles. The minimum atomic E-state index is -0.502. The van der Waals surface area contributed by atoms with Gasteiger partial charge in [0.05, 0.1) is 22.7 Å². The van der Waals surface area contributed by atoms with Gasteiger partial charge in [-0.15, -0.1) is 0 Å². The van der Waals surface area contributed by atoms with Crippen molar-refractivity contribution in [3.63, 3.8) is 0 Å². The van der Waals surface area contributed by atoms with Gasteiger partial charge in [0.1, 0.15) is 11.8 Å². The number of para-hydroxylation sites is 1. The summed E-state index contributed by atoms with van der Waals surface area (Å²) >= 11 is 5.97. The molecule has 0 unspecified atom stereocenters. The number of benzene rings is 2. The van der Waals surface area contributed by atoms with Crippen molar-refractivity contribution in [1.29, 1.82) is 5.26 Å². The molecule has 4 nitrogen and oxygen atoms in total. The first-order valence-corrected chi connectivity index (χ1v) is 7.27. The molecule has 23 heavy (non-hydrogen) atoms. The fourth-order valence-corrected chi connectivity index (χ4v) is 2.49. The third-order valence-electron chi connectivity index (χ3n) is 3.40. The van der Waals surface area contributed by atoms with Crippen LogP contribution in [0.4, 0.5) is 0 Å². The highest BCUT2D eigenvalue weighted by molar-refractivity contribution is 6.30. The van der Waals surface area contributed by atoms with E-state index in [0.29, 0.717) is 27.6 Å². The van der Waals surface area contributed by atoms with Crippen molar-refractivity contribution in [3.8, 4) is 6.07 Å². The third kappa shape index (κ3) is 3.15. The lowest BCUT2D eigenvalue weighted by molar-refractivity contribution is 0.0475. The molecular weight excluding hydrogens is 312 g/mol. The Morgan fingerprint density at radius 3 is 2.74 bits per heavy atom.